The van der Waals surface area contributed by atoms with Gasteiger partial charge in [0.1, 0.15) is 11.2 Å². The SMILES string of the molecule is CNS(=O)(=O)c1ccc(/C(C)=N/Nc2ncnc3sc(C)c(C)c23)cc1. The quantitative estimate of drug-likeness (QED) is 0.516. The van der Waals surface area contributed by atoms with Crippen molar-refractivity contribution in [2.75, 3.05) is 12.5 Å². The van der Waals surface area contributed by atoms with Crippen molar-refractivity contribution in [1.82, 2.24) is 14.7 Å². The third-order valence-electron chi connectivity index (χ3n) is 4.15. The number of aromatic nitrogens is 2. The van der Waals surface area contributed by atoms with Gasteiger partial charge in [-0.15, -0.1) is 11.3 Å². The summed E-state index contributed by atoms with van der Waals surface area (Å²) in [4.78, 5) is 10.9. The number of hydrogen-bond acceptors (Lipinski definition) is 7. The summed E-state index contributed by atoms with van der Waals surface area (Å²) in [5.41, 5.74) is 5.68. The van der Waals surface area contributed by atoms with E-state index in [0.717, 1.165) is 27.1 Å². The number of nitrogens with one attached hydrogen (secondary N) is 2. The van der Waals surface area contributed by atoms with Gasteiger partial charge in [-0.05, 0) is 51.1 Å². The number of anilines is 1. The zero-order valence-electron chi connectivity index (χ0n) is 14.9. The second-order valence-electron chi connectivity index (χ2n) is 5.73. The fourth-order valence-electron chi connectivity index (χ4n) is 2.46. The molecular formula is C17H19N5O2S2. The molecule has 0 saturated carbocycles. The van der Waals surface area contributed by atoms with Crippen LogP contribution >= 0.6 is 11.3 Å². The Bertz CT molecular complexity index is 1090. The van der Waals surface area contributed by atoms with E-state index < -0.39 is 10.0 Å². The van der Waals surface area contributed by atoms with Crippen molar-refractivity contribution < 1.29 is 8.42 Å². The molecule has 0 aliphatic heterocycles. The molecule has 0 aliphatic carbocycles. The lowest BCUT2D eigenvalue weighted by Crippen LogP contribution is -2.18. The summed E-state index contributed by atoms with van der Waals surface area (Å²) < 4.78 is 25.9. The molecule has 0 bridgehead atoms. The molecule has 1 aromatic carbocycles. The second kappa shape index (κ2) is 7.10. The van der Waals surface area contributed by atoms with Crippen LogP contribution in [0.1, 0.15) is 22.9 Å². The van der Waals surface area contributed by atoms with Crippen LogP contribution in [0.4, 0.5) is 5.82 Å². The van der Waals surface area contributed by atoms with Crippen molar-refractivity contribution in [2.24, 2.45) is 5.10 Å². The Labute approximate surface area is 156 Å². The van der Waals surface area contributed by atoms with Crippen LogP contribution in [0.15, 0.2) is 40.6 Å². The number of benzene rings is 1. The van der Waals surface area contributed by atoms with Gasteiger partial charge >= 0.3 is 0 Å². The monoisotopic (exact) mass is 389 g/mol. The van der Waals surface area contributed by atoms with Gasteiger partial charge in [0.25, 0.3) is 0 Å². The van der Waals surface area contributed by atoms with Crippen molar-refractivity contribution in [1.29, 1.82) is 0 Å². The molecule has 2 heterocycles. The minimum atomic E-state index is -3.44. The van der Waals surface area contributed by atoms with Crippen molar-refractivity contribution >= 4 is 43.1 Å². The number of nitrogens with zero attached hydrogens (tertiary/aromatic N) is 3. The van der Waals surface area contributed by atoms with E-state index in [1.807, 2.05) is 13.8 Å². The minimum absolute atomic E-state index is 0.214. The fraction of sp³-hybridized carbons (Fsp3) is 0.235. The molecule has 3 aromatic rings. The summed E-state index contributed by atoms with van der Waals surface area (Å²) in [6.45, 7) is 5.94. The van der Waals surface area contributed by atoms with Gasteiger partial charge in [0.05, 0.1) is 16.0 Å². The Hall–Kier alpha value is -2.36. The number of hydrazone groups is 1. The molecule has 26 heavy (non-hydrogen) atoms. The van der Waals surface area contributed by atoms with Crippen LogP contribution in [0.2, 0.25) is 0 Å². The molecule has 0 unspecified atom stereocenters. The molecule has 0 amide bonds. The topological polar surface area (TPSA) is 96.3 Å². The van der Waals surface area contributed by atoms with Crippen LogP contribution < -0.4 is 10.1 Å². The van der Waals surface area contributed by atoms with E-state index in [9.17, 15) is 8.42 Å². The van der Waals surface area contributed by atoms with E-state index in [0.29, 0.717) is 5.82 Å². The number of thiophene rings is 1. The third kappa shape index (κ3) is 3.46. The number of sulfonamides is 1. The molecule has 0 atom stereocenters. The Morgan fingerprint density at radius 2 is 1.85 bits per heavy atom. The zero-order valence-corrected chi connectivity index (χ0v) is 16.5. The van der Waals surface area contributed by atoms with Crippen LogP contribution in [0, 0.1) is 13.8 Å². The van der Waals surface area contributed by atoms with E-state index in [2.05, 4.69) is 32.1 Å². The van der Waals surface area contributed by atoms with Crippen LogP contribution in [0.25, 0.3) is 10.2 Å². The molecule has 0 saturated heterocycles. The maximum absolute atomic E-state index is 11.8. The van der Waals surface area contributed by atoms with Gasteiger partial charge in [-0.25, -0.2) is 23.1 Å². The zero-order chi connectivity index (χ0) is 18.9. The average molecular weight is 390 g/mol. The van der Waals surface area contributed by atoms with E-state index >= 15 is 0 Å². The fourth-order valence-corrected chi connectivity index (χ4v) is 4.19. The van der Waals surface area contributed by atoms with Gasteiger partial charge in [-0.3, -0.25) is 5.43 Å². The first-order valence-electron chi connectivity index (χ1n) is 7.88. The highest BCUT2D eigenvalue weighted by atomic mass is 32.2. The van der Waals surface area contributed by atoms with Crippen LogP contribution in [-0.4, -0.2) is 31.1 Å². The Kier molecular flexibility index (Phi) is 5.03. The van der Waals surface area contributed by atoms with Gasteiger partial charge in [-0.1, -0.05) is 12.1 Å². The smallest absolute Gasteiger partial charge is 0.240 e. The molecule has 0 radical (unpaired) electrons. The number of hydrogen-bond donors (Lipinski definition) is 2. The van der Waals surface area contributed by atoms with Gasteiger partial charge in [0.15, 0.2) is 5.82 Å². The normalized spacial score (nSPS) is 12.5. The molecule has 0 aliphatic rings. The van der Waals surface area contributed by atoms with Gasteiger partial charge in [0, 0.05) is 4.88 Å². The maximum atomic E-state index is 11.8. The van der Waals surface area contributed by atoms with E-state index in [4.69, 9.17) is 0 Å². The van der Waals surface area contributed by atoms with Crippen molar-refractivity contribution in [3.05, 3.63) is 46.6 Å². The summed E-state index contributed by atoms with van der Waals surface area (Å²) in [5, 5.41) is 5.37. The third-order valence-corrected chi connectivity index (χ3v) is 6.69. The number of fused-ring (bicyclic) bond motifs is 1. The standard InChI is InChI=1S/C17H19N5O2S2/c1-10-12(3)25-17-15(10)16(19-9-20-17)22-21-11(2)13-5-7-14(8-6-13)26(23,24)18-4/h5-9,18H,1-4H3,(H,19,20,22)/b21-11+. The molecule has 9 heteroatoms. The Morgan fingerprint density at radius 3 is 2.50 bits per heavy atom. The predicted octanol–water partition coefficient (Wildman–Crippen LogP) is 3.05. The first kappa shape index (κ1) is 18.4. The molecular weight excluding hydrogens is 370 g/mol. The largest absolute Gasteiger partial charge is 0.260 e. The Balaban J connectivity index is 1.88. The van der Waals surface area contributed by atoms with Gasteiger partial charge < -0.3 is 0 Å². The number of rotatable bonds is 5. The highest BCUT2D eigenvalue weighted by Gasteiger charge is 2.13. The van der Waals surface area contributed by atoms with E-state index in [1.54, 1.807) is 35.6 Å². The molecule has 136 valence electrons. The molecule has 2 N–H and O–H groups in total. The lowest BCUT2D eigenvalue weighted by atomic mass is 10.1. The average Bonchev–Trinajstić information content (AvgIpc) is 2.94. The molecule has 3 rings (SSSR count). The molecule has 0 spiro atoms. The van der Waals surface area contributed by atoms with Gasteiger partial charge in [0.2, 0.25) is 10.0 Å². The van der Waals surface area contributed by atoms with E-state index in [1.165, 1.54) is 18.3 Å². The number of aryl methyl sites for hydroxylation is 2. The summed E-state index contributed by atoms with van der Waals surface area (Å²) in [5.74, 6) is 0.658. The first-order chi connectivity index (χ1) is 12.3. The summed E-state index contributed by atoms with van der Waals surface area (Å²) >= 11 is 1.63. The van der Waals surface area contributed by atoms with Crippen molar-refractivity contribution in [3.8, 4) is 0 Å². The van der Waals surface area contributed by atoms with Gasteiger partial charge in [-0.2, -0.15) is 5.10 Å². The predicted molar refractivity (Wildman–Crippen MR) is 105 cm³/mol. The lowest BCUT2D eigenvalue weighted by molar-refractivity contribution is 0.588. The van der Waals surface area contributed by atoms with E-state index in [-0.39, 0.29) is 4.90 Å². The Morgan fingerprint density at radius 1 is 1.15 bits per heavy atom. The lowest BCUT2D eigenvalue weighted by Gasteiger charge is -2.06. The molecule has 2 aromatic heterocycles. The second-order valence-corrected chi connectivity index (χ2v) is 8.82. The highest BCUT2D eigenvalue weighted by Crippen LogP contribution is 2.32. The maximum Gasteiger partial charge on any atom is 0.240 e. The molecule has 7 nitrogen and oxygen atoms in total. The first-order valence-corrected chi connectivity index (χ1v) is 10.2. The summed E-state index contributed by atoms with van der Waals surface area (Å²) in [7, 11) is -2.06. The minimum Gasteiger partial charge on any atom is -0.260 e. The highest BCUT2D eigenvalue weighted by molar-refractivity contribution is 7.89. The van der Waals surface area contributed by atoms with Crippen LogP contribution in [0.5, 0.6) is 0 Å². The van der Waals surface area contributed by atoms with Crippen LogP contribution in [-0.2, 0) is 10.0 Å². The molecule has 0 fully saturated rings. The van der Waals surface area contributed by atoms with Crippen molar-refractivity contribution in [3.63, 3.8) is 0 Å². The van der Waals surface area contributed by atoms with Crippen molar-refractivity contribution in [2.45, 2.75) is 25.7 Å². The summed E-state index contributed by atoms with van der Waals surface area (Å²) in [6.07, 6.45) is 1.52. The van der Waals surface area contributed by atoms with Crippen LogP contribution in [0.3, 0.4) is 0 Å². The summed E-state index contributed by atoms with van der Waals surface area (Å²) in [6, 6.07) is 6.55.